The molecule has 16 aromatic rings. The van der Waals surface area contributed by atoms with Crippen molar-refractivity contribution in [3.63, 3.8) is 0 Å². The van der Waals surface area contributed by atoms with Crippen molar-refractivity contribution in [3.05, 3.63) is 314 Å². The van der Waals surface area contributed by atoms with Crippen LogP contribution in [-0.2, 0) is 5.41 Å². The molecule has 1 aliphatic rings. The van der Waals surface area contributed by atoms with Crippen molar-refractivity contribution in [1.82, 2.24) is 13.7 Å². The van der Waals surface area contributed by atoms with Gasteiger partial charge in [-0.15, -0.1) is 0 Å². The highest BCUT2D eigenvalue weighted by atomic mass is 15.1. The maximum absolute atomic E-state index is 2.44. The number of hydrogen-bond acceptors (Lipinski definition) is 1. The van der Waals surface area contributed by atoms with Crippen LogP contribution in [-0.4, -0.2) is 13.7 Å². The fraction of sp³-hybridized carbons (Fsp3) is 0.0370. The van der Waals surface area contributed by atoms with Gasteiger partial charge >= 0.3 is 0 Å². The van der Waals surface area contributed by atoms with Gasteiger partial charge in [-0.2, -0.15) is 0 Å². The summed E-state index contributed by atoms with van der Waals surface area (Å²) in [6.45, 7) is 4.79. The molecule has 0 unspecified atom stereocenters. The van der Waals surface area contributed by atoms with E-state index in [9.17, 15) is 0 Å². The van der Waals surface area contributed by atoms with Crippen molar-refractivity contribution < 1.29 is 0 Å². The lowest BCUT2D eigenvalue weighted by Crippen LogP contribution is -2.17. The molecule has 1 aliphatic carbocycles. The average molecular weight is 1090 g/mol. The topological polar surface area (TPSA) is 18.0 Å². The van der Waals surface area contributed by atoms with Gasteiger partial charge in [0.15, 0.2) is 0 Å². The van der Waals surface area contributed by atoms with Crippen LogP contribution < -0.4 is 4.90 Å². The lowest BCUT2D eigenvalue weighted by atomic mass is 9.82. The monoisotopic (exact) mass is 1080 g/mol. The molecule has 4 nitrogen and oxygen atoms in total. The number of rotatable bonds is 9. The molecule has 0 fully saturated rings. The third kappa shape index (κ3) is 7.69. The summed E-state index contributed by atoms with van der Waals surface area (Å²) in [4.78, 5) is 2.43. The Hall–Kier alpha value is -10.9. The number of aromatic nitrogens is 3. The van der Waals surface area contributed by atoms with E-state index in [-0.39, 0.29) is 5.41 Å². The minimum atomic E-state index is -0.265. The highest BCUT2D eigenvalue weighted by molar-refractivity contribution is 6.12. The molecule has 0 saturated carbocycles. The van der Waals surface area contributed by atoms with Crippen LogP contribution >= 0.6 is 0 Å². The van der Waals surface area contributed by atoms with Gasteiger partial charge < -0.3 is 18.6 Å². The van der Waals surface area contributed by atoms with E-state index < -0.39 is 0 Å². The molecule has 0 saturated heterocycles. The number of hydrogen-bond donors (Lipinski definition) is 0. The first-order valence-corrected chi connectivity index (χ1v) is 29.5. The molecule has 17 rings (SSSR count). The van der Waals surface area contributed by atoms with Crippen LogP contribution in [0.5, 0.6) is 0 Å². The smallest absolute Gasteiger partial charge is 0.0541 e. The van der Waals surface area contributed by atoms with Crippen molar-refractivity contribution in [2.24, 2.45) is 0 Å². The number of fused-ring (bicyclic) bond motifs is 12. The Kier molecular flexibility index (Phi) is 10.9. The Morgan fingerprint density at radius 3 is 1.04 bits per heavy atom. The van der Waals surface area contributed by atoms with Crippen LogP contribution in [0.15, 0.2) is 303 Å². The molecule has 400 valence electrons. The minimum Gasteiger partial charge on any atom is -0.310 e. The predicted molar refractivity (Wildman–Crippen MR) is 358 cm³/mol. The molecule has 0 bridgehead atoms. The van der Waals surface area contributed by atoms with Crippen molar-refractivity contribution in [1.29, 1.82) is 0 Å². The number of anilines is 3. The van der Waals surface area contributed by atoms with E-state index in [1.165, 1.54) is 132 Å². The van der Waals surface area contributed by atoms with Crippen LogP contribution in [0.2, 0.25) is 0 Å². The quantitative estimate of drug-likeness (QED) is 0.141. The van der Waals surface area contributed by atoms with Gasteiger partial charge in [-0.05, 0) is 171 Å². The Balaban J connectivity index is 0.720. The maximum atomic E-state index is 2.44. The molecule has 4 heteroatoms. The molecule has 3 heterocycles. The normalized spacial score (nSPS) is 12.7. The van der Waals surface area contributed by atoms with Crippen molar-refractivity contribution in [3.8, 4) is 61.6 Å². The zero-order chi connectivity index (χ0) is 56.3. The third-order valence-electron chi connectivity index (χ3n) is 18.3. The van der Waals surface area contributed by atoms with Crippen LogP contribution in [0.4, 0.5) is 17.1 Å². The number of benzene rings is 13. The molecule has 0 aliphatic heterocycles. The molecule has 3 aromatic heterocycles. The maximum Gasteiger partial charge on any atom is 0.0541 e. The molecule has 0 N–H and O–H groups in total. The summed E-state index contributed by atoms with van der Waals surface area (Å²) < 4.78 is 7.19. The highest BCUT2D eigenvalue weighted by Crippen LogP contribution is 2.52. The molecular weight excluding hydrogens is 1030 g/mol. The molecule has 0 amide bonds. The molecule has 0 atom stereocenters. The van der Waals surface area contributed by atoms with Gasteiger partial charge in [0, 0.05) is 71.9 Å². The first-order valence-electron chi connectivity index (χ1n) is 29.5. The summed E-state index contributed by atoms with van der Waals surface area (Å²) in [5, 5.41) is 7.58. The van der Waals surface area contributed by atoms with Crippen molar-refractivity contribution in [2.75, 3.05) is 4.90 Å². The summed E-state index contributed by atoms with van der Waals surface area (Å²) in [6, 6.07) is 112. The van der Waals surface area contributed by atoms with E-state index in [1.54, 1.807) is 0 Å². The molecule has 13 aromatic carbocycles. The Labute approximate surface area is 493 Å². The second kappa shape index (κ2) is 19.1. The third-order valence-corrected chi connectivity index (χ3v) is 18.3. The van der Waals surface area contributed by atoms with Gasteiger partial charge in [0.25, 0.3) is 0 Å². The van der Waals surface area contributed by atoms with Gasteiger partial charge in [0.05, 0.1) is 33.1 Å². The van der Waals surface area contributed by atoms with E-state index in [0.717, 1.165) is 22.7 Å². The van der Waals surface area contributed by atoms with E-state index in [4.69, 9.17) is 0 Å². The van der Waals surface area contributed by atoms with Crippen LogP contribution in [0.25, 0.3) is 127 Å². The summed E-state index contributed by atoms with van der Waals surface area (Å²) in [5.41, 5.74) is 26.1. The van der Waals surface area contributed by atoms with E-state index >= 15 is 0 Å². The van der Waals surface area contributed by atoms with Crippen molar-refractivity contribution in [2.45, 2.75) is 19.3 Å². The predicted octanol–water partition coefficient (Wildman–Crippen LogP) is 21.8. The van der Waals surface area contributed by atoms with Crippen LogP contribution in [0.1, 0.15) is 25.0 Å². The molecule has 0 radical (unpaired) electrons. The summed E-state index contributed by atoms with van der Waals surface area (Å²) in [6.07, 6.45) is 0. The highest BCUT2D eigenvalue weighted by Gasteiger charge is 2.37. The van der Waals surface area contributed by atoms with Gasteiger partial charge in [-0.25, -0.2) is 0 Å². The van der Waals surface area contributed by atoms with Crippen LogP contribution in [0, 0.1) is 0 Å². The SMILES string of the molecule is CC1(C)c2cc(N(c3ccc(-c4ccc(-c5ccc6c(c5)c5ccccc5n6-c5ccccc5)cc4)cc3)c3ccc(-c4ccc(-n5c6ccccc6c6ccccc65)cc4)cc3)ccc2-c2ccc(-n3c4ccccc4c4ccccc43)cc21. The lowest BCUT2D eigenvalue weighted by molar-refractivity contribution is 0.660. The number of nitrogens with zero attached hydrogens (tertiary/aromatic N) is 4. The summed E-state index contributed by atoms with van der Waals surface area (Å²) in [7, 11) is 0. The first kappa shape index (κ1) is 48.7. The van der Waals surface area contributed by atoms with Gasteiger partial charge in [-0.3, -0.25) is 0 Å². The second-order valence-corrected chi connectivity index (χ2v) is 23.3. The van der Waals surface area contributed by atoms with E-state index in [2.05, 4.69) is 336 Å². The lowest BCUT2D eigenvalue weighted by Gasteiger charge is -2.28. The van der Waals surface area contributed by atoms with E-state index in [0.29, 0.717) is 0 Å². The fourth-order valence-corrected chi connectivity index (χ4v) is 14.1. The van der Waals surface area contributed by atoms with Crippen molar-refractivity contribution >= 4 is 82.5 Å². The van der Waals surface area contributed by atoms with Gasteiger partial charge in [0.2, 0.25) is 0 Å². The average Bonchev–Trinajstić information content (AvgIpc) is 1.88. The van der Waals surface area contributed by atoms with Gasteiger partial charge in [-0.1, -0.05) is 202 Å². The molecule has 0 spiro atoms. The minimum absolute atomic E-state index is 0.265. The summed E-state index contributed by atoms with van der Waals surface area (Å²) in [5.74, 6) is 0. The van der Waals surface area contributed by atoms with Gasteiger partial charge in [0.1, 0.15) is 0 Å². The fourth-order valence-electron chi connectivity index (χ4n) is 14.1. The standard InChI is InChI=1S/C81H56N4/c1-81(2)73-51-63(45-47-65(73)66-48-46-64(52-74(66)81)85-77-25-13-8-20-69(77)70-21-9-14-26-78(70)85)82(61-41-34-55(35-42-61)56-36-43-62(44-37-56)84-75-23-11-6-18-67(75)68-19-7-12-24-76(68)84)60-39-32-54(33-40-60)53-28-30-57(31-29-53)58-38-49-80-72(50-58)71-22-10-15-27-79(71)83(80)59-16-4-3-5-17-59/h3-52H,1-2H3. The summed E-state index contributed by atoms with van der Waals surface area (Å²) >= 11 is 0. The largest absolute Gasteiger partial charge is 0.310 e. The van der Waals surface area contributed by atoms with Crippen LogP contribution in [0.3, 0.4) is 0 Å². The Bertz CT molecular complexity index is 5180. The molecule has 85 heavy (non-hydrogen) atoms. The Morgan fingerprint density at radius 2 is 0.553 bits per heavy atom. The Morgan fingerprint density at radius 1 is 0.235 bits per heavy atom. The van der Waals surface area contributed by atoms with E-state index in [1.807, 2.05) is 0 Å². The zero-order valence-corrected chi connectivity index (χ0v) is 47.2. The first-order chi connectivity index (χ1) is 41.9. The second-order valence-electron chi connectivity index (χ2n) is 23.3. The molecular formula is C81H56N4. The zero-order valence-electron chi connectivity index (χ0n) is 47.2. The number of para-hydroxylation sites is 6.